The number of amides is 2. The molecule has 1 N–H and O–H groups in total. The van der Waals surface area contributed by atoms with E-state index in [4.69, 9.17) is 0 Å². The Balaban J connectivity index is 2.03. The Morgan fingerprint density at radius 1 is 0.963 bits per heavy atom. The van der Waals surface area contributed by atoms with Gasteiger partial charge in [0.2, 0.25) is 11.8 Å². The summed E-state index contributed by atoms with van der Waals surface area (Å²) in [6.45, 7) is 5.93. The molecule has 2 rings (SSSR count). The van der Waals surface area contributed by atoms with Gasteiger partial charge in [0.1, 0.15) is 5.82 Å². The van der Waals surface area contributed by atoms with Gasteiger partial charge in [-0.3, -0.25) is 9.59 Å². The first-order valence-corrected chi connectivity index (χ1v) is 9.35. The molecule has 0 radical (unpaired) electrons. The van der Waals surface area contributed by atoms with Gasteiger partial charge in [-0.25, -0.2) is 4.39 Å². The summed E-state index contributed by atoms with van der Waals surface area (Å²) in [7, 11) is 0. The number of benzene rings is 2. The van der Waals surface area contributed by atoms with Crippen molar-refractivity contribution in [3.63, 3.8) is 0 Å². The van der Waals surface area contributed by atoms with Crippen molar-refractivity contribution in [1.29, 1.82) is 0 Å². The maximum atomic E-state index is 13.8. The van der Waals surface area contributed by atoms with Crippen LogP contribution in [0, 0.1) is 5.82 Å². The van der Waals surface area contributed by atoms with E-state index < -0.39 is 0 Å². The van der Waals surface area contributed by atoms with E-state index >= 15 is 0 Å². The molecule has 0 aliphatic heterocycles. The Morgan fingerprint density at radius 3 is 2.11 bits per heavy atom. The normalized spacial score (nSPS) is 10.5. The minimum absolute atomic E-state index is 0.148. The SMILES string of the molecule is CCc1cccc(CC)c1NC(=O)CCN(Cc1ccccc1F)C(C)=O. The van der Waals surface area contributed by atoms with Gasteiger partial charge in [0.25, 0.3) is 0 Å². The van der Waals surface area contributed by atoms with Crippen LogP contribution in [0.3, 0.4) is 0 Å². The number of hydrogen-bond acceptors (Lipinski definition) is 2. The minimum Gasteiger partial charge on any atom is -0.338 e. The summed E-state index contributed by atoms with van der Waals surface area (Å²) in [5.74, 6) is -0.683. The minimum atomic E-state index is -0.349. The highest BCUT2D eigenvalue weighted by Crippen LogP contribution is 2.22. The third-order valence-corrected chi connectivity index (χ3v) is 4.64. The molecule has 5 heteroatoms. The van der Waals surface area contributed by atoms with Gasteiger partial charge in [-0.1, -0.05) is 50.2 Å². The van der Waals surface area contributed by atoms with Crippen LogP contribution in [0.5, 0.6) is 0 Å². The number of anilines is 1. The van der Waals surface area contributed by atoms with Crippen molar-refractivity contribution in [2.45, 2.75) is 46.6 Å². The summed E-state index contributed by atoms with van der Waals surface area (Å²) < 4.78 is 13.8. The number of hydrogen-bond donors (Lipinski definition) is 1. The van der Waals surface area contributed by atoms with E-state index in [2.05, 4.69) is 19.2 Å². The van der Waals surface area contributed by atoms with Gasteiger partial charge < -0.3 is 10.2 Å². The third kappa shape index (κ3) is 5.64. The molecule has 144 valence electrons. The number of carbonyl (C=O) groups is 2. The van der Waals surface area contributed by atoms with Crippen molar-refractivity contribution in [3.05, 3.63) is 65.0 Å². The number of aryl methyl sites for hydroxylation is 2. The Morgan fingerprint density at radius 2 is 1.56 bits per heavy atom. The molecule has 27 heavy (non-hydrogen) atoms. The molecule has 2 aromatic rings. The summed E-state index contributed by atoms with van der Waals surface area (Å²) in [5, 5.41) is 3.00. The van der Waals surface area contributed by atoms with Gasteiger partial charge in [0.05, 0.1) is 0 Å². The zero-order valence-corrected chi connectivity index (χ0v) is 16.2. The van der Waals surface area contributed by atoms with E-state index in [0.29, 0.717) is 5.56 Å². The lowest BCUT2D eigenvalue weighted by molar-refractivity contribution is -0.130. The molecule has 0 fully saturated rings. The lowest BCUT2D eigenvalue weighted by atomic mass is 10.0. The van der Waals surface area contributed by atoms with Gasteiger partial charge >= 0.3 is 0 Å². The Labute approximate surface area is 160 Å². The molecule has 0 spiro atoms. The van der Waals surface area contributed by atoms with Crippen LogP contribution in [-0.4, -0.2) is 23.3 Å². The number of nitrogens with one attached hydrogen (secondary N) is 1. The fourth-order valence-corrected chi connectivity index (χ4v) is 3.02. The van der Waals surface area contributed by atoms with Crippen LogP contribution in [0.1, 0.15) is 43.9 Å². The first kappa shape index (κ1) is 20.6. The average Bonchev–Trinajstić information content (AvgIpc) is 2.66. The quantitative estimate of drug-likeness (QED) is 0.752. The first-order chi connectivity index (χ1) is 13.0. The third-order valence-electron chi connectivity index (χ3n) is 4.64. The van der Waals surface area contributed by atoms with E-state index in [-0.39, 0.29) is 37.1 Å². The van der Waals surface area contributed by atoms with E-state index in [0.717, 1.165) is 29.7 Å². The van der Waals surface area contributed by atoms with Crippen molar-refractivity contribution in [3.8, 4) is 0 Å². The maximum absolute atomic E-state index is 13.8. The highest BCUT2D eigenvalue weighted by molar-refractivity contribution is 5.92. The van der Waals surface area contributed by atoms with Crippen LogP contribution in [-0.2, 0) is 29.0 Å². The fraction of sp³-hybridized carbons (Fsp3) is 0.364. The Bertz CT molecular complexity index is 782. The molecule has 4 nitrogen and oxygen atoms in total. The summed E-state index contributed by atoms with van der Waals surface area (Å²) in [4.78, 5) is 25.9. The molecule has 0 aliphatic carbocycles. The molecule has 2 aromatic carbocycles. The summed E-state index contributed by atoms with van der Waals surface area (Å²) in [5.41, 5.74) is 3.50. The molecule has 0 atom stereocenters. The predicted octanol–water partition coefficient (Wildman–Crippen LogP) is 4.33. The lowest BCUT2D eigenvalue weighted by Gasteiger charge is -2.21. The van der Waals surface area contributed by atoms with Crippen LogP contribution < -0.4 is 5.32 Å². The van der Waals surface area contributed by atoms with Crippen molar-refractivity contribution < 1.29 is 14.0 Å². The second-order valence-corrected chi connectivity index (χ2v) is 6.49. The first-order valence-electron chi connectivity index (χ1n) is 9.35. The average molecular weight is 370 g/mol. The molecule has 0 bridgehead atoms. The fourth-order valence-electron chi connectivity index (χ4n) is 3.02. The highest BCUT2D eigenvalue weighted by atomic mass is 19.1. The predicted molar refractivity (Wildman–Crippen MR) is 106 cm³/mol. The highest BCUT2D eigenvalue weighted by Gasteiger charge is 2.15. The van der Waals surface area contributed by atoms with Crippen LogP contribution in [0.2, 0.25) is 0 Å². The number of carbonyl (C=O) groups excluding carboxylic acids is 2. The molecular weight excluding hydrogens is 343 g/mol. The van der Waals surface area contributed by atoms with Crippen LogP contribution >= 0.6 is 0 Å². The molecule has 0 unspecified atom stereocenters. The van der Waals surface area contributed by atoms with Gasteiger partial charge in [0.15, 0.2) is 0 Å². The van der Waals surface area contributed by atoms with E-state index in [1.54, 1.807) is 18.2 Å². The van der Waals surface area contributed by atoms with E-state index in [1.165, 1.54) is 17.9 Å². The molecule has 0 heterocycles. The molecule has 0 aliphatic rings. The van der Waals surface area contributed by atoms with Crippen molar-refractivity contribution >= 4 is 17.5 Å². The maximum Gasteiger partial charge on any atom is 0.226 e. The van der Waals surface area contributed by atoms with Crippen LogP contribution in [0.25, 0.3) is 0 Å². The zero-order chi connectivity index (χ0) is 19.8. The van der Waals surface area contributed by atoms with Gasteiger partial charge in [-0.05, 0) is 30.0 Å². The molecule has 0 aromatic heterocycles. The smallest absolute Gasteiger partial charge is 0.226 e. The van der Waals surface area contributed by atoms with Crippen molar-refractivity contribution in [1.82, 2.24) is 4.90 Å². The summed E-state index contributed by atoms with van der Waals surface area (Å²) in [6, 6.07) is 12.4. The zero-order valence-electron chi connectivity index (χ0n) is 16.2. The molecular formula is C22H27FN2O2. The van der Waals surface area contributed by atoms with Crippen molar-refractivity contribution in [2.75, 3.05) is 11.9 Å². The molecule has 0 saturated heterocycles. The molecule has 0 saturated carbocycles. The van der Waals surface area contributed by atoms with Gasteiger partial charge in [-0.15, -0.1) is 0 Å². The summed E-state index contributed by atoms with van der Waals surface area (Å²) >= 11 is 0. The lowest BCUT2D eigenvalue weighted by Crippen LogP contribution is -2.32. The Kier molecular flexibility index (Phi) is 7.53. The standard InChI is InChI=1S/C22H27FN2O2/c1-4-17-10-8-11-18(5-2)22(17)24-21(27)13-14-25(16(3)26)15-19-9-6-7-12-20(19)23/h6-12H,4-5,13-15H2,1-3H3,(H,24,27). The Hall–Kier alpha value is -2.69. The van der Waals surface area contributed by atoms with Gasteiger partial charge in [-0.2, -0.15) is 0 Å². The summed E-state index contributed by atoms with van der Waals surface area (Å²) in [6.07, 6.45) is 1.82. The largest absolute Gasteiger partial charge is 0.338 e. The molecule has 2 amide bonds. The van der Waals surface area contributed by atoms with E-state index in [9.17, 15) is 14.0 Å². The van der Waals surface area contributed by atoms with E-state index in [1.807, 2.05) is 18.2 Å². The monoisotopic (exact) mass is 370 g/mol. The number of para-hydroxylation sites is 1. The van der Waals surface area contributed by atoms with Crippen LogP contribution in [0.4, 0.5) is 10.1 Å². The number of nitrogens with zero attached hydrogens (tertiary/aromatic N) is 1. The van der Waals surface area contributed by atoms with Crippen molar-refractivity contribution in [2.24, 2.45) is 0 Å². The van der Waals surface area contributed by atoms with Gasteiger partial charge in [0, 0.05) is 37.7 Å². The van der Waals surface area contributed by atoms with Crippen LogP contribution in [0.15, 0.2) is 42.5 Å². The second-order valence-electron chi connectivity index (χ2n) is 6.49. The second kappa shape index (κ2) is 9.86. The number of halogens is 1. The number of rotatable bonds is 8. The topological polar surface area (TPSA) is 49.4 Å².